The molecule has 4 heteroatoms. The lowest BCUT2D eigenvalue weighted by atomic mass is 9.77. The zero-order valence-corrected chi connectivity index (χ0v) is 11.7. The minimum absolute atomic E-state index is 0.560. The fraction of sp³-hybridized carbons (Fsp3) is 0.733. The Kier molecular flexibility index (Phi) is 3.97. The highest BCUT2D eigenvalue weighted by molar-refractivity contribution is 5.15. The molecule has 3 aliphatic heterocycles. The Labute approximate surface area is 115 Å². The smallest absolute Gasteiger partial charge is 0.232 e. The molecule has 0 radical (unpaired) electrons. The molecule has 1 aromatic rings. The second-order valence-corrected chi connectivity index (χ2v) is 5.73. The molecule has 0 saturated carbocycles. The predicted octanol–water partition coefficient (Wildman–Crippen LogP) is 2.46. The van der Waals surface area contributed by atoms with Crippen LogP contribution in [0.2, 0.25) is 0 Å². The Morgan fingerprint density at radius 3 is 2.84 bits per heavy atom. The number of piperidine rings is 3. The highest BCUT2D eigenvalue weighted by Crippen LogP contribution is 2.38. The maximum absolute atomic E-state index is 5.67. The Morgan fingerprint density at radius 1 is 1.32 bits per heavy atom. The summed E-state index contributed by atoms with van der Waals surface area (Å²) in [4.78, 5) is 11.5. The molecule has 3 fully saturated rings. The number of nitrogens with zero attached hydrogens (tertiary/aromatic N) is 3. The Morgan fingerprint density at radius 2 is 2.16 bits per heavy atom. The number of unbranched alkanes of at least 4 members (excludes halogenated alkanes) is 1. The van der Waals surface area contributed by atoms with Crippen molar-refractivity contribution >= 4 is 0 Å². The second kappa shape index (κ2) is 5.87. The molecule has 0 spiro atoms. The van der Waals surface area contributed by atoms with Crippen molar-refractivity contribution in [1.82, 2.24) is 14.9 Å². The van der Waals surface area contributed by atoms with Crippen molar-refractivity contribution < 1.29 is 4.74 Å². The molecule has 3 aliphatic rings. The summed E-state index contributed by atoms with van der Waals surface area (Å²) in [6.07, 6.45) is 8.51. The van der Waals surface area contributed by atoms with Gasteiger partial charge in [0.25, 0.3) is 0 Å². The van der Waals surface area contributed by atoms with Crippen LogP contribution >= 0.6 is 0 Å². The molecule has 2 bridgehead atoms. The quantitative estimate of drug-likeness (QED) is 0.763. The lowest BCUT2D eigenvalue weighted by Gasteiger charge is -2.44. The van der Waals surface area contributed by atoms with E-state index in [2.05, 4.69) is 21.8 Å². The van der Waals surface area contributed by atoms with Gasteiger partial charge in [0.15, 0.2) is 0 Å². The van der Waals surface area contributed by atoms with E-state index in [1.165, 1.54) is 25.9 Å². The van der Waals surface area contributed by atoms with Crippen LogP contribution < -0.4 is 4.74 Å². The summed E-state index contributed by atoms with van der Waals surface area (Å²) in [5.74, 6) is 2.05. The van der Waals surface area contributed by atoms with Crippen LogP contribution in [0, 0.1) is 5.92 Å². The Bertz CT molecular complexity index is 416. The first-order valence-electron chi connectivity index (χ1n) is 7.54. The monoisotopic (exact) mass is 261 g/mol. The van der Waals surface area contributed by atoms with E-state index >= 15 is 0 Å². The average molecular weight is 261 g/mol. The first-order chi connectivity index (χ1) is 9.36. The predicted molar refractivity (Wildman–Crippen MR) is 74.3 cm³/mol. The van der Waals surface area contributed by atoms with Crippen molar-refractivity contribution in [3.63, 3.8) is 0 Å². The molecule has 19 heavy (non-hydrogen) atoms. The standard InChI is InChI=1S/C15H23N3O/c1-2-3-8-19-15-10-16-9-14(17-15)13-11-18-6-4-12(13)5-7-18/h9-10,12-13H,2-8,11H2,1H3. The van der Waals surface area contributed by atoms with E-state index in [-0.39, 0.29) is 0 Å². The molecule has 0 aliphatic carbocycles. The number of hydrogen-bond donors (Lipinski definition) is 0. The van der Waals surface area contributed by atoms with Crippen molar-refractivity contribution in [2.45, 2.75) is 38.5 Å². The summed E-state index contributed by atoms with van der Waals surface area (Å²) in [6.45, 7) is 6.59. The summed E-state index contributed by atoms with van der Waals surface area (Å²) in [5.41, 5.74) is 1.13. The van der Waals surface area contributed by atoms with Gasteiger partial charge in [-0.05, 0) is 38.3 Å². The lowest BCUT2D eigenvalue weighted by Crippen LogP contribution is -2.46. The first kappa shape index (κ1) is 12.9. The molecule has 1 atom stereocenters. The fourth-order valence-corrected chi connectivity index (χ4v) is 3.23. The molecule has 4 nitrogen and oxygen atoms in total. The lowest BCUT2D eigenvalue weighted by molar-refractivity contribution is 0.0849. The third kappa shape index (κ3) is 2.89. The SMILES string of the molecule is CCCCOc1cncc(C2CN3CCC2CC3)n1. The van der Waals surface area contributed by atoms with Gasteiger partial charge in [0.05, 0.1) is 18.5 Å². The number of aromatic nitrogens is 2. The second-order valence-electron chi connectivity index (χ2n) is 5.73. The van der Waals surface area contributed by atoms with Crippen molar-refractivity contribution in [2.24, 2.45) is 5.92 Å². The normalized spacial score (nSPS) is 29.4. The summed E-state index contributed by atoms with van der Waals surface area (Å²) in [5, 5.41) is 0. The van der Waals surface area contributed by atoms with E-state index in [0.717, 1.165) is 37.6 Å². The number of rotatable bonds is 5. The fourth-order valence-electron chi connectivity index (χ4n) is 3.23. The van der Waals surface area contributed by atoms with Crippen LogP contribution in [0.3, 0.4) is 0 Å². The summed E-state index contributed by atoms with van der Waals surface area (Å²) in [7, 11) is 0. The molecule has 0 N–H and O–H groups in total. The van der Waals surface area contributed by atoms with Crippen LogP contribution in [0.4, 0.5) is 0 Å². The van der Waals surface area contributed by atoms with Crippen LogP contribution in [0.5, 0.6) is 5.88 Å². The largest absolute Gasteiger partial charge is 0.477 e. The van der Waals surface area contributed by atoms with Gasteiger partial charge in [0.2, 0.25) is 5.88 Å². The van der Waals surface area contributed by atoms with E-state index < -0.39 is 0 Å². The highest BCUT2D eigenvalue weighted by atomic mass is 16.5. The molecule has 0 amide bonds. The van der Waals surface area contributed by atoms with Crippen molar-refractivity contribution in [3.8, 4) is 5.88 Å². The third-order valence-electron chi connectivity index (χ3n) is 4.41. The molecule has 4 rings (SSSR count). The van der Waals surface area contributed by atoms with Gasteiger partial charge in [0.1, 0.15) is 0 Å². The van der Waals surface area contributed by atoms with Gasteiger partial charge < -0.3 is 9.64 Å². The van der Waals surface area contributed by atoms with Crippen LogP contribution in [-0.4, -0.2) is 41.1 Å². The number of ether oxygens (including phenoxy) is 1. The maximum Gasteiger partial charge on any atom is 0.232 e. The Balaban J connectivity index is 1.68. The van der Waals surface area contributed by atoms with Crippen LogP contribution in [0.25, 0.3) is 0 Å². The van der Waals surface area contributed by atoms with Gasteiger partial charge in [-0.1, -0.05) is 13.3 Å². The van der Waals surface area contributed by atoms with Gasteiger partial charge in [-0.15, -0.1) is 0 Å². The van der Waals surface area contributed by atoms with E-state index in [1.54, 1.807) is 6.20 Å². The van der Waals surface area contributed by atoms with Gasteiger partial charge in [0, 0.05) is 18.7 Å². The first-order valence-corrected chi connectivity index (χ1v) is 7.54. The molecule has 1 unspecified atom stereocenters. The van der Waals surface area contributed by atoms with Crippen molar-refractivity contribution in [1.29, 1.82) is 0 Å². The molecule has 104 valence electrons. The molecular formula is C15H23N3O. The van der Waals surface area contributed by atoms with E-state index in [4.69, 9.17) is 4.74 Å². The zero-order valence-electron chi connectivity index (χ0n) is 11.7. The van der Waals surface area contributed by atoms with Gasteiger partial charge in [-0.25, -0.2) is 4.98 Å². The van der Waals surface area contributed by atoms with Crippen LogP contribution in [0.1, 0.15) is 44.2 Å². The minimum Gasteiger partial charge on any atom is -0.477 e. The molecule has 4 heterocycles. The molecule has 0 aromatic carbocycles. The van der Waals surface area contributed by atoms with Crippen LogP contribution in [0.15, 0.2) is 12.4 Å². The topological polar surface area (TPSA) is 38.2 Å². The Hall–Kier alpha value is -1.16. The van der Waals surface area contributed by atoms with E-state index in [0.29, 0.717) is 11.8 Å². The number of hydrogen-bond acceptors (Lipinski definition) is 4. The minimum atomic E-state index is 0.560. The van der Waals surface area contributed by atoms with E-state index in [1.807, 2.05) is 6.20 Å². The van der Waals surface area contributed by atoms with Crippen molar-refractivity contribution in [2.75, 3.05) is 26.2 Å². The summed E-state index contributed by atoms with van der Waals surface area (Å²) in [6, 6.07) is 0. The van der Waals surface area contributed by atoms with E-state index in [9.17, 15) is 0 Å². The molecule has 3 saturated heterocycles. The number of fused-ring (bicyclic) bond motifs is 3. The summed E-state index contributed by atoms with van der Waals surface area (Å²) >= 11 is 0. The summed E-state index contributed by atoms with van der Waals surface area (Å²) < 4.78 is 5.67. The average Bonchev–Trinajstić information content (AvgIpc) is 2.49. The molecular weight excluding hydrogens is 238 g/mol. The van der Waals surface area contributed by atoms with Gasteiger partial charge in [-0.2, -0.15) is 0 Å². The third-order valence-corrected chi connectivity index (χ3v) is 4.41. The zero-order chi connectivity index (χ0) is 13.1. The van der Waals surface area contributed by atoms with Gasteiger partial charge in [-0.3, -0.25) is 4.98 Å². The van der Waals surface area contributed by atoms with Gasteiger partial charge >= 0.3 is 0 Å². The van der Waals surface area contributed by atoms with Crippen LogP contribution in [-0.2, 0) is 0 Å². The highest BCUT2D eigenvalue weighted by Gasteiger charge is 2.35. The maximum atomic E-state index is 5.67. The van der Waals surface area contributed by atoms with Crippen molar-refractivity contribution in [3.05, 3.63) is 18.1 Å². The molecule has 1 aromatic heterocycles.